The number of nitrogens with two attached hydrogens (primary N) is 1. The molecule has 0 aliphatic carbocycles. The predicted octanol–water partition coefficient (Wildman–Crippen LogP) is 2.36. The molecule has 1 heterocycles. The first-order valence-electron chi connectivity index (χ1n) is 5.27. The Kier molecular flexibility index (Phi) is 4.18. The first-order valence-corrected chi connectivity index (χ1v) is 6.07. The molecular formula is C12H10BrFN2O3. The molecular weight excluding hydrogens is 319 g/mol. The third-order valence-electron chi connectivity index (χ3n) is 2.28. The van der Waals surface area contributed by atoms with E-state index in [1.54, 1.807) is 12.1 Å². The number of halogens is 2. The van der Waals surface area contributed by atoms with Gasteiger partial charge in [-0.3, -0.25) is 10.2 Å². The first kappa shape index (κ1) is 13.6. The highest BCUT2D eigenvalue weighted by Gasteiger charge is 2.10. The molecule has 1 aromatic carbocycles. The summed E-state index contributed by atoms with van der Waals surface area (Å²) in [5, 5.41) is 0. The Morgan fingerprint density at radius 3 is 2.95 bits per heavy atom. The summed E-state index contributed by atoms with van der Waals surface area (Å²) in [6.07, 6.45) is 0. The lowest BCUT2D eigenvalue weighted by Gasteiger charge is -2.06. The average molecular weight is 329 g/mol. The molecule has 0 fully saturated rings. The van der Waals surface area contributed by atoms with Gasteiger partial charge >= 0.3 is 5.91 Å². The number of ether oxygens (including phenoxy) is 1. The summed E-state index contributed by atoms with van der Waals surface area (Å²) >= 11 is 3.24. The molecule has 0 bridgehead atoms. The molecule has 0 atom stereocenters. The van der Waals surface area contributed by atoms with Gasteiger partial charge in [-0.1, -0.05) is 0 Å². The van der Waals surface area contributed by atoms with Crippen LogP contribution in [-0.2, 0) is 6.61 Å². The number of hydrogen-bond acceptors (Lipinski definition) is 4. The molecule has 5 nitrogen and oxygen atoms in total. The zero-order valence-corrected chi connectivity index (χ0v) is 11.2. The molecule has 0 saturated heterocycles. The summed E-state index contributed by atoms with van der Waals surface area (Å²) in [5.74, 6) is 4.90. The van der Waals surface area contributed by atoms with Gasteiger partial charge in [-0.2, -0.15) is 0 Å². The highest BCUT2D eigenvalue weighted by atomic mass is 79.9. The minimum Gasteiger partial charge on any atom is -0.484 e. The number of hydrazine groups is 1. The molecule has 1 aromatic heterocycles. The lowest BCUT2D eigenvalue weighted by atomic mass is 10.3. The van der Waals surface area contributed by atoms with Crippen LogP contribution in [0.4, 0.5) is 4.39 Å². The second kappa shape index (κ2) is 5.85. The number of amides is 1. The van der Waals surface area contributed by atoms with Crippen molar-refractivity contribution in [3.63, 3.8) is 0 Å². The Labute approximate surface area is 116 Å². The molecule has 0 aliphatic heterocycles. The SMILES string of the molecule is NNC(=O)c1ccc(COc2cc(F)ccc2Br)o1. The van der Waals surface area contributed by atoms with Crippen LogP contribution in [0.2, 0.25) is 0 Å². The summed E-state index contributed by atoms with van der Waals surface area (Å²) in [5.41, 5.74) is 1.95. The highest BCUT2D eigenvalue weighted by molar-refractivity contribution is 9.10. The van der Waals surface area contributed by atoms with E-state index in [2.05, 4.69) is 15.9 Å². The van der Waals surface area contributed by atoms with E-state index in [0.29, 0.717) is 16.0 Å². The number of carbonyl (C=O) groups excluding carboxylic acids is 1. The lowest BCUT2D eigenvalue weighted by molar-refractivity contribution is 0.0922. The topological polar surface area (TPSA) is 77.5 Å². The van der Waals surface area contributed by atoms with Crippen molar-refractivity contribution in [2.24, 2.45) is 5.84 Å². The van der Waals surface area contributed by atoms with Crippen LogP contribution < -0.4 is 16.0 Å². The molecule has 0 unspecified atom stereocenters. The Bertz CT molecular complexity index is 600. The van der Waals surface area contributed by atoms with Crippen LogP contribution >= 0.6 is 15.9 Å². The zero-order chi connectivity index (χ0) is 13.8. The van der Waals surface area contributed by atoms with Crippen molar-refractivity contribution < 1.29 is 18.3 Å². The standard InChI is InChI=1S/C12H10BrFN2O3/c13-9-3-1-7(14)5-11(9)18-6-8-2-4-10(19-8)12(17)16-15/h1-5H,6,15H2,(H,16,17). The maximum atomic E-state index is 13.0. The molecule has 0 spiro atoms. The molecule has 2 rings (SSSR count). The maximum Gasteiger partial charge on any atom is 0.300 e. The third kappa shape index (κ3) is 3.33. The van der Waals surface area contributed by atoms with Gasteiger partial charge in [0.15, 0.2) is 5.76 Å². The molecule has 3 N–H and O–H groups in total. The quantitative estimate of drug-likeness (QED) is 0.513. The van der Waals surface area contributed by atoms with E-state index in [1.807, 2.05) is 5.43 Å². The molecule has 0 saturated carbocycles. The van der Waals surface area contributed by atoms with Crippen LogP contribution in [0.5, 0.6) is 5.75 Å². The summed E-state index contributed by atoms with van der Waals surface area (Å²) in [6, 6.07) is 7.16. The van der Waals surface area contributed by atoms with E-state index in [0.717, 1.165) is 0 Å². The van der Waals surface area contributed by atoms with E-state index >= 15 is 0 Å². The van der Waals surface area contributed by atoms with Crippen molar-refractivity contribution in [2.45, 2.75) is 6.61 Å². The average Bonchev–Trinajstić information content (AvgIpc) is 2.88. The van der Waals surface area contributed by atoms with E-state index in [-0.39, 0.29) is 12.4 Å². The summed E-state index contributed by atoms with van der Waals surface area (Å²) in [6.45, 7) is 0.0693. The predicted molar refractivity (Wildman–Crippen MR) is 68.8 cm³/mol. The van der Waals surface area contributed by atoms with Crippen LogP contribution in [0.15, 0.2) is 39.2 Å². The Hall–Kier alpha value is -1.86. The Morgan fingerprint density at radius 1 is 1.42 bits per heavy atom. The van der Waals surface area contributed by atoms with Gasteiger partial charge < -0.3 is 9.15 Å². The van der Waals surface area contributed by atoms with Crippen molar-refractivity contribution in [1.29, 1.82) is 0 Å². The van der Waals surface area contributed by atoms with E-state index in [1.165, 1.54) is 18.2 Å². The molecule has 0 aliphatic rings. The molecule has 2 aromatic rings. The number of benzene rings is 1. The maximum absolute atomic E-state index is 13.0. The zero-order valence-electron chi connectivity index (χ0n) is 9.65. The fraction of sp³-hybridized carbons (Fsp3) is 0.0833. The lowest BCUT2D eigenvalue weighted by Crippen LogP contribution is -2.29. The number of furan rings is 1. The summed E-state index contributed by atoms with van der Waals surface area (Å²) < 4.78 is 24.3. The van der Waals surface area contributed by atoms with Gasteiger partial charge in [-0.15, -0.1) is 0 Å². The Balaban J connectivity index is 2.04. The Morgan fingerprint density at radius 2 is 2.21 bits per heavy atom. The second-order valence-corrected chi connectivity index (χ2v) is 4.46. The molecule has 19 heavy (non-hydrogen) atoms. The van der Waals surface area contributed by atoms with E-state index in [4.69, 9.17) is 15.0 Å². The number of carbonyl (C=O) groups is 1. The summed E-state index contributed by atoms with van der Waals surface area (Å²) in [7, 11) is 0. The minimum absolute atomic E-state index is 0.0693. The van der Waals surface area contributed by atoms with Crippen LogP contribution in [0.25, 0.3) is 0 Å². The number of nitrogen functional groups attached to an aromatic ring is 1. The van der Waals surface area contributed by atoms with Gasteiger partial charge in [0.2, 0.25) is 0 Å². The van der Waals surface area contributed by atoms with Crippen molar-refractivity contribution >= 4 is 21.8 Å². The van der Waals surface area contributed by atoms with Gasteiger partial charge in [0.05, 0.1) is 4.47 Å². The summed E-state index contributed by atoms with van der Waals surface area (Å²) in [4.78, 5) is 11.2. The van der Waals surface area contributed by atoms with Crippen LogP contribution in [0.1, 0.15) is 16.3 Å². The molecule has 7 heteroatoms. The van der Waals surface area contributed by atoms with Gasteiger partial charge in [0.25, 0.3) is 0 Å². The number of nitrogens with one attached hydrogen (secondary N) is 1. The normalized spacial score (nSPS) is 10.3. The van der Waals surface area contributed by atoms with Crippen molar-refractivity contribution in [3.8, 4) is 5.75 Å². The number of hydrogen-bond donors (Lipinski definition) is 2. The van der Waals surface area contributed by atoms with Gasteiger partial charge in [0, 0.05) is 6.07 Å². The number of rotatable bonds is 4. The van der Waals surface area contributed by atoms with Gasteiger partial charge in [-0.25, -0.2) is 10.2 Å². The fourth-order valence-corrected chi connectivity index (χ4v) is 1.75. The second-order valence-electron chi connectivity index (χ2n) is 3.60. The fourth-order valence-electron chi connectivity index (χ4n) is 1.39. The van der Waals surface area contributed by atoms with Crippen molar-refractivity contribution in [1.82, 2.24) is 5.43 Å². The van der Waals surface area contributed by atoms with Gasteiger partial charge in [-0.05, 0) is 40.2 Å². The van der Waals surface area contributed by atoms with Crippen LogP contribution in [0, 0.1) is 5.82 Å². The molecule has 100 valence electrons. The van der Waals surface area contributed by atoms with Crippen molar-refractivity contribution in [2.75, 3.05) is 0 Å². The minimum atomic E-state index is -0.529. The monoisotopic (exact) mass is 328 g/mol. The third-order valence-corrected chi connectivity index (χ3v) is 2.93. The van der Waals surface area contributed by atoms with Crippen molar-refractivity contribution in [3.05, 3.63) is 52.1 Å². The van der Waals surface area contributed by atoms with E-state index < -0.39 is 11.7 Å². The largest absolute Gasteiger partial charge is 0.484 e. The highest BCUT2D eigenvalue weighted by Crippen LogP contribution is 2.26. The molecule has 1 amide bonds. The molecule has 0 radical (unpaired) electrons. The van der Waals surface area contributed by atoms with Crippen LogP contribution in [-0.4, -0.2) is 5.91 Å². The van der Waals surface area contributed by atoms with Crippen LogP contribution in [0.3, 0.4) is 0 Å². The first-order chi connectivity index (χ1) is 9.10. The van der Waals surface area contributed by atoms with E-state index in [9.17, 15) is 9.18 Å². The smallest absolute Gasteiger partial charge is 0.300 e. The van der Waals surface area contributed by atoms with Gasteiger partial charge in [0.1, 0.15) is 23.9 Å².